The number of nitrogens with one attached hydrogen (secondary N) is 3. The van der Waals surface area contributed by atoms with Gasteiger partial charge in [-0.3, -0.25) is 0 Å². The fourth-order valence-corrected chi connectivity index (χ4v) is 5.58. The number of para-hydroxylation sites is 4. The summed E-state index contributed by atoms with van der Waals surface area (Å²) in [5.41, 5.74) is 15.6. The molecular formula is C46H39ClN6. The van der Waals surface area contributed by atoms with Crippen LogP contribution in [0.25, 0.3) is 22.3 Å². The van der Waals surface area contributed by atoms with Crippen molar-refractivity contribution in [2.24, 2.45) is 0 Å². The van der Waals surface area contributed by atoms with Crippen LogP contribution in [0.15, 0.2) is 207 Å². The Morgan fingerprint density at radius 1 is 0.377 bits per heavy atom. The van der Waals surface area contributed by atoms with Crippen molar-refractivity contribution in [1.82, 2.24) is 9.97 Å². The van der Waals surface area contributed by atoms with E-state index in [1.807, 2.05) is 133 Å². The molecule has 5 N–H and O–H groups in total. The van der Waals surface area contributed by atoms with Crippen molar-refractivity contribution >= 4 is 51.5 Å². The summed E-state index contributed by atoms with van der Waals surface area (Å²) in [5.74, 6) is 0.793. The van der Waals surface area contributed by atoms with Gasteiger partial charge in [-0.1, -0.05) is 145 Å². The lowest BCUT2D eigenvalue weighted by molar-refractivity contribution is 1.30. The van der Waals surface area contributed by atoms with Crippen molar-refractivity contribution < 1.29 is 0 Å². The van der Waals surface area contributed by atoms with Gasteiger partial charge in [0.25, 0.3) is 0 Å². The van der Waals surface area contributed by atoms with E-state index >= 15 is 0 Å². The maximum Gasteiger partial charge on any atom is 0.154 e. The third-order valence-corrected chi connectivity index (χ3v) is 8.27. The smallest absolute Gasteiger partial charge is 0.154 e. The van der Waals surface area contributed by atoms with Crippen LogP contribution in [0, 0.1) is 0 Å². The maximum absolute atomic E-state index is 6.10. The molecule has 0 aliphatic heterocycles. The summed E-state index contributed by atoms with van der Waals surface area (Å²) in [6.45, 7) is 0. The highest BCUT2D eigenvalue weighted by Crippen LogP contribution is 2.33. The van der Waals surface area contributed by atoms with Gasteiger partial charge in [0.1, 0.15) is 0 Å². The first-order valence-corrected chi connectivity index (χ1v) is 17.5. The lowest BCUT2D eigenvalue weighted by atomic mass is 10.0. The minimum absolute atomic E-state index is 0.468. The van der Waals surface area contributed by atoms with Crippen molar-refractivity contribution in [2.45, 2.75) is 0 Å². The molecule has 0 amide bonds. The van der Waals surface area contributed by atoms with Crippen molar-refractivity contribution in [3.05, 3.63) is 212 Å². The number of nitrogens with two attached hydrogens (primary N) is 1. The second kappa shape index (κ2) is 18.9. The Kier molecular flexibility index (Phi) is 12.8. The van der Waals surface area contributed by atoms with E-state index in [4.69, 9.17) is 17.3 Å². The van der Waals surface area contributed by atoms with Gasteiger partial charge in [-0.25, -0.2) is 9.97 Å². The van der Waals surface area contributed by atoms with Crippen LogP contribution in [0.4, 0.5) is 39.9 Å². The number of nitrogen functional groups attached to an aromatic ring is 1. The quantitative estimate of drug-likeness (QED) is 0.0927. The van der Waals surface area contributed by atoms with Gasteiger partial charge in [0.15, 0.2) is 11.0 Å². The second-order valence-corrected chi connectivity index (χ2v) is 12.1. The van der Waals surface area contributed by atoms with E-state index in [1.165, 1.54) is 5.56 Å². The summed E-state index contributed by atoms with van der Waals surface area (Å²) < 4.78 is 0. The largest absolute Gasteiger partial charge is 0.399 e. The normalized spacial score (nSPS) is 10.1. The van der Waals surface area contributed by atoms with Gasteiger partial charge in [0.05, 0.1) is 11.4 Å². The molecule has 0 bridgehead atoms. The molecule has 0 atom stereocenters. The third-order valence-electron chi connectivity index (χ3n) is 7.97. The van der Waals surface area contributed by atoms with Crippen molar-refractivity contribution in [3.8, 4) is 22.3 Å². The number of rotatable bonds is 8. The molecule has 0 aliphatic carbocycles. The molecule has 260 valence electrons. The van der Waals surface area contributed by atoms with Gasteiger partial charge in [0, 0.05) is 46.3 Å². The van der Waals surface area contributed by atoms with Gasteiger partial charge in [-0.15, -0.1) is 0 Å². The monoisotopic (exact) mass is 710 g/mol. The summed E-state index contributed by atoms with van der Waals surface area (Å²) in [4.78, 5) is 8.58. The number of hydrogen-bond donors (Lipinski definition) is 4. The summed E-state index contributed by atoms with van der Waals surface area (Å²) >= 11 is 6.10. The predicted molar refractivity (Wildman–Crippen MR) is 224 cm³/mol. The lowest BCUT2D eigenvalue weighted by Crippen LogP contribution is -2.00. The van der Waals surface area contributed by atoms with Gasteiger partial charge in [-0.05, 0) is 71.8 Å². The highest BCUT2D eigenvalue weighted by Gasteiger charge is 2.09. The average molecular weight is 711 g/mol. The number of nitrogens with zero attached hydrogens (tertiary/aromatic N) is 2. The van der Waals surface area contributed by atoms with Crippen LogP contribution in [-0.2, 0) is 0 Å². The topological polar surface area (TPSA) is 87.9 Å². The van der Waals surface area contributed by atoms with E-state index in [9.17, 15) is 0 Å². The molecule has 2 aromatic heterocycles. The first kappa shape index (κ1) is 35.9. The molecule has 0 aliphatic rings. The van der Waals surface area contributed by atoms with E-state index in [1.54, 1.807) is 12.4 Å². The Labute approximate surface area is 316 Å². The Morgan fingerprint density at radius 2 is 0.792 bits per heavy atom. The molecule has 53 heavy (non-hydrogen) atoms. The van der Waals surface area contributed by atoms with Gasteiger partial charge in [-0.2, -0.15) is 0 Å². The van der Waals surface area contributed by atoms with E-state index in [2.05, 4.69) is 86.6 Å². The number of hydrogen-bond acceptors (Lipinski definition) is 6. The Balaban J connectivity index is 0.000000157. The Morgan fingerprint density at radius 3 is 1.30 bits per heavy atom. The molecule has 0 radical (unpaired) electrons. The zero-order valence-electron chi connectivity index (χ0n) is 29.0. The predicted octanol–water partition coefficient (Wildman–Crippen LogP) is 12.7. The van der Waals surface area contributed by atoms with Crippen LogP contribution >= 0.6 is 11.6 Å². The van der Waals surface area contributed by atoms with Gasteiger partial charge >= 0.3 is 0 Å². The van der Waals surface area contributed by atoms with Crippen LogP contribution in [0.2, 0.25) is 5.15 Å². The Hall–Kier alpha value is -6.89. The highest BCUT2D eigenvalue weighted by atomic mass is 35.5. The molecule has 6 nitrogen and oxygen atoms in total. The molecule has 0 saturated heterocycles. The van der Waals surface area contributed by atoms with Gasteiger partial charge < -0.3 is 21.7 Å². The number of anilines is 7. The molecule has 7 heteroatoms. The van der Waals surface area contributed by atoms with E-state index in [0.717, 1.165) is 56.6 Å². The minimum Gasteiger partial charge on any atom is -0.399 e. The minimum atomic E-state index is 0.468. The summed E-state index contributed by atoms with van der Waals surface area (Å²) in [5, 5.41) is 10.7. The molecule has 2 heterocycles. The van der Waals surface area contributed by atoms with Crippen molar-refractivity contribution in [2.75, 3.05) is 21.7 Å². The first-order chi connectivity index (χ1) is 26.1. The van der Waals surface area contributed by atoms with Crippen LogP contribution in [0.1, 0.15) is 0 Å². The molecule has 0 fully saturated rings. The molecule has 8 rings (SSSR count). The average Bonchev–Trinajstić information content (AvgIpc) is 3.22. The second-order valence-electron chi connectivity index (χ2n) is 11.7. The molecule has 0 unspecified atom stereocenters. The molecule has 8 aromatic rings. The number of aromatic nitrogens is 2. The SMILES string of the molecule is Clc1ncccc1Nc1ccccc1-c1ccccc1.Nc1ccccc1.c1ccc(Nc2ncccc2Nc2ccccc2-c2ccccc2)cc1. The summed E-state index contributed by atoms with van der Waals surface area (Å²) in [6, 6.07) is 64.3. The molecular weight excluding hydrogens is 672 g/mol. The standard InChI is InChI=1S/C23H19N3.C17H13ClN2.C6H7N/c1-3-10-18(11-4-1)20-14-7-8-15-21(20)26-22-16-9-17-24-23(22)25-19-12-5-2-6-13-19;18-17-16(11-6-12-19-17)20-15-10-5-4-9-14(15)13-7-2-1-3-8-13;7-6-4-2-1-3-5-6/h1-17,26H,(H,24,25);1-12,20H;1-5H,7H2. The van der Waals surface area contributed by atoms with Crippen molar-refractivity contribution in [1.29, 1.82) is 0 Å². The van der Waals surface area contributed by atoms with E-state index in [0.29, 0.717) is 5.15 Å². The number of halogens is 1. The summed E-state index contributed by atoms with van der Waals surface area (Å²) in [7, 11) is 0. The fraction of sp³-hybridized carbons (Fsp3) is 0. The van der Waals surface area contributed by atoms with E-state index in [-0.39, 0.29) is 0 Å². The molecule has 0 spiro atoms. The van der Waals surface area contributed by atoms with Crippen LogP contribution in [0.5, 0.6) is 0 Å². The fourth-order valence-electron chi connectivity index (χ4n) is 5.41. The van der Waals surface area contributed by atoms with Crippen molar-refractivity contribution in [3.63, 3.8) is 0 Å². The highest BCUT2D eigenvalue weighted by molar-refractivity contribution is 6.32. The number of benzene rings is 6. The van der Waals surface area contributed by atoms with Crippen LogP contribution < -0.4 is 21.7 Å². The van der Waals surface area contributed by atoms with E-state index < -0.39 is 0 Å². The molecule has 6 aromatic carbocycles. The zero-order valence-corrected chi connectivity index (χ0v) is 29.7. The first-order valence-electron chi connectivity index (χ1n) is 17.1. The lowest BCUT2D eigenvalue weighted by Gasteiger charge is -2.15. The summed E-state index contributed by atoms with van der Waals surface area (Å²) in [6.07, 6.45) is 3.47. The van der Waals surface area contributed by atoms with Gasteiger partial charge in [0.2, 0.25) is 0 Å². The molecule has 0 saturated carbocycles. The number of pyridine rings is 2. The maximum atomic E-state index is 6.10. The van der Waals surface area contributed by atoms with Crippen LogP contribution in [-0.4, -0.2) is 9.97 Å². The van der Waals surface area contributed by atoms with Crippen LogP contribution in [0.3, 0.4) is 0 Å². The zero-order chi connectivity index (χ0) is 36.5. The third kappa shape index (κ3) is 10.6. The Bertz CT molecular complexity index is 2290.